The molecule has 0 aromatic carbocycles. The van der Waals surface area contributed by atoms with Gasteiger partial charge in [-0.15, -0.1) is 0 Å². The van der Waals surface area contributed by atoms with Crippen molar-refractivity contribution in [1.29, 1.82) is 0 Å². The van der Waals surface area contributed by atoms with Gasteiger partial charge in [0, 0.05) is 13.2 Å². The maximum atomic E-state index is 5.76. The first-order valence-corrected chi connectivity index (χ1v) is 11.1. The molecule has 0 saturated heterocycles. The molecule has 24 heavy (non-hydrogen) atoms. The molecule has 0 N–H and O–H groups in total. The first kappa shape index (κ1) is 24.0. The summed E-state index contributed by atoms with van der Waals surface area (Å²) in [5.74, 6) is 0. The van der Waals surface area contributed by atoms with E-state index >= 15 is 0 Å². The Bertz CT molecular complexity index is 229. The molecule has 0 amide bonds. The lowest BCUT2D eigenvalue weighted by molar-refractivity contribution is 0.125. The van der Waals surface area contributed by atoms with Gasteiger partial charge in [-0.2, -0.15) is 0 Å². The van der Waals surface area contributed by atoms with Crippen LogP contribution in [0.3, 0.4) is 0 Å². The minimum atomic E-state index is 0.520. The van der Waals surface area contributed by atoms with E-state index in [1.165, 1.54) is 103 Å². The molecule has 0 atom stereocenters. The molecule has 1 heteroatoms. The normalized spacial score (nSPS) is 12.0. The van der Waals surface area contributed by atoms with Gasteiger partial charge < -0.3 is 4.74 Å². The molecule has 0 bridgehead atoms. The number of ether oxygens (including phenoxy) is 1. The van der Waals surface area contributed by atoms with Gasteiger partial charge in [0.2, 0.25) is 0 Å². The second-order valence-electron chi connectivity index (χ2n) is 8.87. The van der Waals surface area contributed by atoms with Crippen LogP contribution >= 0.6 is 0 Å². The van der Waals surface area contributed by atoms with Gasteiger partial charge in [-0.3, -0.25) is 0 Å². The first-order valence-electron chi connectivity index (χ1n) is 11.1. The van der Waals surface area contributed by atoms with Gasteiger partial charge in [0.05, 0.1) is 0 Å². The largest absolute Gasteiger partial charge is 0.381 e. The van der Waals surface area contributed by atoms with Crippen LogP contribution in [0.4, 0.5) is 0 Å². The summed E-state index contributed by atoms with van der Waals surface area (Å²) < 4.78 is 5.76. The van der Waals surface area contributed by atoms with Gasteiger partial charge in [-0.05, 0) is 24.7 Å². The molecular weight excluding hydrogens is 292 g/mol. The molecule has 0 aliphatic rings. The Morgan fingerprint density at radius 3 is 1.29 bits per heavy atom. The topological polar surface area (TPSA) is 9.23 Å². The Balaban J connectivity index is 3.00. The van der Waals surface area contributed by atoms with E-state index in [4.69, 9.17) is 4.74 Å². The van der Waals surface area contributed by atoms with Crippen LogP contribution in [0.2, 0.25) is 0 Å². The number of unbranched alkanes of at least 4 members (excludes halogenated alkanes) is 13. The van der Waals surface area contributed by atoms with Crippen LogP contribution in [0.25, 0.3) is 0 Å². The predicted octanol–water partition coefficient (Wildman–Crippen LogP) is 8.31. The highest BCUT2D eigenvalue weighted by molar-refractivity contribution is 4.61. The molecule has 1 nitrogen and oxygen atoms in total. The molecule has 0 aliphatic carbocycles. The summed E-state index contributed by atoms with van der Waals surface area (Å²) in [6.07, 6.45) is 22.2. The van der Waals surface area contributed by atoms with E-state index in [2.05, 4.69) is 27.7 Å². The third-order valence-corrected chi connectivity index (χ3v) is 4.86. The fraction of sp³-hybridized carbons (Fsp3) is 1.00. The summed E-state index contributed by atoms with van der Waals surface area (Å²) >= 11 is 0. The van der Waals surface area contributed by atoms with E-state index in [0.717, 1.165) is 13.2 Å². The Morgan fingerprint density at radius 1 is 0.500 bits per heavy atom. The highest BCUT2D eigenvalue weighted by atomic mass is 16.5. The van der Waals surface area contributed by atoms with Gasteiger partial charge in [-0.1, -0.05) is 111 Å². The molecule has 0 unspecified atom stereocenters. The molecule has 0 aromatic heterocycles. The summed E-state index contributed by atoms with van der Waals surface area (Å²) in [6, 6.07) is 0. The molecule has 0 radical (unpaired) electrons. The van der Waals surface area contributed by atoms with Crippen LogP contribution in [0.1, 0.15) is 130 Å². The van der Waals surface area contributed by atoms with Crippen LogP contribution in [0.5, 0.6) is 0 Å². The standard InChI is InChI=1S/C23H48O/c1-5-6-7-8-9-12-15-18-21-24-22-19-16-13-10-11-14-17-20-23(2,3)4/h5-22H2,1-4H3. The van der Waals surface area contributed by atoms with Crippen LogP contribution < -0.4 is 0 Å². The first-order chi connectivity index (χ1) is 11.6. The van der Waals surface area contributed by atoms with Crippen molar-refractivity contribution in [2.45, 2.75) is 130 Å². The van der Waals surface area contributed by atoms with Crippen LogP contribution in [0.15, 0.2) is 0 Å². The molecule has 0 rings (SSSR count). The maximum absolute atomic E-state index is 5.76. The third kappa shape index (κ3) is 22.0. The Hall–Kier alpha value is -0.0400. The predicted molar refractivity (Wildman–Crippen MR) is 110 cm³/mol. The van der Waals surface area contributed by atoms with E-state index in [1.807, 2.05) is 0 Å². The van der Waals surface area contributed by atoms with Crippen molar-refractivity contribution in [2.24, 2.45) is 5.41 Å². The smallest absolute Gasteiger partial charge is 0.0466 e. The number of hydrogen-bond acceptors (Lipinski definition) is 1. The quantitative estimate of drug-likeness (QED) is 0.228. The summed E-state index contributed by atoms with van der Waals surface area (Å²) in [6.45, 7) is 11.3. The lowest BCUT2D eigenvalue weighted by Crippen LogP contribution is -2.03. The van der Waals surface area contributed by atoms with E-state index in [0.29, 0.717) is 5.41 Å². The highest BCUT2D eigenvalue weighted by Gasteiger charge is 2.08. The number of rotatable bonds is 18. The van der Waals surface area contributed by atoms with Crippen molar-refractivity contribution in [3.8, 4) is 0 Å². The molecular formula is C23H48O. The molecule has 146 valence electrons. The van der Waals surface area contributed by atoms with Crippen molar-refractivity contribution >= 4 is 0 Å². The van der Waals surface area contributed by atoms with Crippen molar-refractivity contribution in [1.82, 2.24) is 0 Å². The van der Waals surface area contributed by atoms with Gasteiger partial charge in [0.25, 0.3) is 0 Å². The van der Waals surface area contributed by atoms with Crippen LogP contribution in [-0.4, -0.2) is 13.2 Å². The van der Waals surface area contributed by atoms with Crippen molar-refractivity contribution < 1.29 is 4.74 Å². The van der Waals surface area contributed by atoms with E-state index in [-0.39, 0.29) is 0 Å². The van der Waals surface area contributed by atoms with Crippen molar-refractivity contribution in [3.63, 3.8) is 0 Å². The summed E-state index contributed by atoms with van der Waals surface area (Å²) in [5.41, 5.74) is 0.520. The van der Waals surface area contributed by atoms with E-state index in [1.54, 1.807) is 0 Å². The van der Waals surface area contributed by atoms with Gasteiger partial charge in [0.15, 0.2) is 0 Å². The van der Waals surface area contributed by atoms with Crippen molar-refractivity contribution in [3.05, 3.63) is 0 Å². The van der Waals surface area contributed by atoms with Gasteiger partial charge in [0.1, 0.15) is 0 Å². The Kier molecular flexibility index (Phi) is 17.7. The second kappa shape index (κ2) is 17.8. The molecule has 0 spiro atoms. The summed E-state index contributed by atoms with van der Waals surface area (Å²) in [4.78, 5) is 0. The Labute approximate surface area is 154 Å². The molecule has 0 aromatic rings. The van der Waals surface area contributed by atoms with Crippen molar-refractivity contribution in [2.75, 3.05) is 13.2 Å². The van der Waals surface area contributed by atoms with Gasteiger partial charge >= 0.3 is 0 Å². The SMILES string of the molecule is CCCCCCCCCCOCCCCCCCCCC(C)(C)C. The zero-order valence-corrected chi connectivity index (χ0v) is 17.6. The fourth-order valence-corrected chi connectivity index (χ4v) is 3.18. The Morgan fingerprint density at radius 2 is 0.875 bits per heavy atom. The molecule has 0 aliphatic heterocycles. The molecule has 0 fully saturated rings. The van der Waals surface area contributed by atoms with Crippen LogP contribution in [-0.2, 0) is 4.74 Å². The summed E-state index contributed by atoms with van der Waals surface area (Å²) in [5, 5.41) is 0. The second-order valence-corrected chi connectivity index (χ2v) is 8.87. The highest BCUT2D eigenvalue weighted by Crippen LogP contribution is 2.22. The average Bonchev–Trinajstić information content (AvgIpc) is 2.52. The van der Waals surface area contributed by atoms with E-state index in [9.17, 15) is 0 Å². The third-order valence-electron chi connectivity index (χ3n) is 4.86. The fourth-order valence-electron chi connectivity index (χ4n) is 3.18. The summed E-state index contributed by atoms with van der Waals surface area (Å²) in [7, 11) is 0. The monoisotopic (exact) mass is 340 g/mol. The zero-order chi connectivity index (χ0) is 17.9. The minimum absolute atomic E-state index is 0.520. The zero-order valence-electron chi connectivity index (χ0n) is 17.6. The van der Waals surface area contributed by atoms with Crippen LogP contribution in [0, 0.1) is 5.41 Å². The molecule has 0 heterocycles. The number of hydrogen-bond donors (Lipinski definition) is 0. The lowest BCUT2D eigenvalue weighted by Gasteiger charge is -2.17. The average molecular weight is 341 g/mol. The maximum Gasteiger partial charge on any atom is 0.0466 e. The van der Waals surface area contributed by atoms with Gasteiger partial charge in [-0.25, -0.2) is 0 Å². The minimum Gasteiger partial charge on any atom is -0.381 e. The van der Waals surface area contributed by atoms with E-state index < -0.39 is 0 Å². The molecule has 0 saturated carbocycles. The lowest BCUT2D eigenvalue weighted by atomic mass is 9.89.